The lowest BCUT2D eigenvalue weighted by Crippen LogP contribution is -2.26. The van der Waals surface area contributed by atoms with Gasteiger partial charge in [0, 0.05) is 10.6 Å². The Hall–Kier alpha value is -2.00. The lowest BCUT2D eigenvalue weighted by molar-refractivity contribution is 0.0940. The smallest absolute Gasteiger partial charge is 0.251 e. The normalized spacial score (nSPS) is 11.8. The molecule has 116 valence electrons. The summed E-state index contributed by atoms with van der Waals surface area (Å²) in [7, 11) is 0. The predicted octanol–water partition coefficient (Wildman–Crippen LogP) is 4.54. The zero-order valence-electron chi connectivity index (χ0n) is 13.0. The monoisotopic (exact) mass is 317 g/mol. The fourth-order valence-electron chi connectivity index (χ4n) is 2.22. The molecule has 0 saturated carbocycles. The van der Waals surface area contributed by atoms with Crippen LogP contribution < -0.4 is 10.1 Å². The summed E-state index contributed by atoms with van der Waals surface area (Å²) >= 11 is 5.88. The van der Waals surface area contributed by atoms with Crippen molar-refractivity contribution in [3.8, 4) is 5.75 Å². The van der Waals surface area contributed by atoms with E-state index in [2.05, 4.69) is 5.32 Å². The van der Waals surface area contributed by atoms with E-state index in [9.17, 15) is 4.79 Å². The third kappa shape index (κ3) is 4.01. The molecule has 0 radical (unpaired) electrons. The standard InChI is InChI=1S/C18H20ClNO2/c1-4-22-17-10-7-15(11-12(17)2)18(21)20-13(3)14-5-8-16(19)9-6-14/h5-11,13H,4H2,1-3H3,(H,20,21). The molecule has 0 aromatic heterocycles. The van der Waals surface area contributed by atoms with E-state index in [1.807, 2.05) is 57.2 Å². The summed E-state index contributed by atoms with van der Waals surface area (Å²) in [6.45, 7) is 6.43. The van der Waals surface area contributed by atoms with Gasteiger partial charge in [-0.2, -0.15) is 0 Å². The molecule has 0 aliphatic rings. The van der Waals surface area contributed by atoms with Gasteiger partial charge in [-0.3, -0.25) is 4.79 Å². The Morgan fingerprint density at radius 1 is 1.23 bits per heavy atom. The molecule has 2 aromatic carbocycles. The topological polar surface area (TPSA) is 38.3 Å². The maximum atomic E-state index is 12.3. The molecule has 1 atom stereocenters. The van der Waals surface area contributed by atoms with Gasteiger partial charge in [0.05, 0.1) is 12.6 Å². The SMILES string of the molecule is CCOc1ccc(C(=O)NC(C)c2ccc(Cl)cc2)cc1C. The van der Waals surface area contributed by atoms with Crippen molar-refractivity contribution in [1.82, 2.24) is 5.32 Å². The van der Waals surface area contributed by atoms with E-state index >= 15 is 0 Å². The quantitative estimate of drug-likeness (QED) is 0.879. The Kier molecular flexibility index (Phi) is 5.45. The fourth-order valence-corrected chi connectivity index (χ4v) is 2.35. The van der Waals surface area contributed by atoms with Crippen LogP contribution in [-0.4, -0.2) is 12.5 Å². The van der Waals surface area contributed by atoms with Gasteiger partial charge in [0.25, 0.3) is 5.91 Å². The number of carbonyl (C=O) groups is 1. The molecule has 2 aromatic rings. The van der Waals surface area contributed by atoms with Crippen molar-refractivity contribution in [1.29, 1.82) is 0 Å². The Balaban J connectivity index is 2.08. The van der Waals surface area contributed by atoms with E-state index in [-0.39, 0.29) is 11.9 Å². The molecule has 22 heavy (non-hydrogen) atoms. The van der Waals surface area contributed by atoms with E-state index in [0.29, 0.717) is 17.2 Å². The van der Waals surface area contributed by atoms with Crippen LogP contribution in [-0.2, 0) is 0 Å². The number of rotatable bonds is 5. The third-order valence-corrected chi connectivity index (χ3v) is 3.71. The van der Waals surface area contributed by atoms with Crippen molar-refractivity contribution in [2.75, 3.05) is 6.61 Å². The molecule has 0 heterocycles. The first-order valence-corrected chi connectivity index (χ1v) is 7.69. The van der Waals surface area contributed by atoms with Crippen LogP contribution in [0.5, 0.6) is 5.75 Å². The number of amides is 1. The van der Waals surface area contributed by atoms with Crippen LogP contribution in [0.1, 0.15) is 41.4 Å². The maximum absolute atomic E-state index is 12.3. The Labute approximate surface area is 136 Å². The molecule has 4 heteroatoms. The highest BCUT2D eigenvalue weighted by molar-refractivity contribution is 6.30. The molecule has 0 spiro atoms. The highest BCUT2D eigenvalue weighted by Gasteiger charge is 2.12. The first kappa shape index (κ1) is 16.4. The van der Waals surface area contributed by atoms with Gasteiger partial charge in [0.2, 0.25) is 0 Å². The molecule has 3 nitrogen and oxygen atoms in total. The van der Waals surface area contributed by atoms with Gasteiger partial charge in [-0.05, 0) is 62.2 Å². The zero-order valence-corrected chi connectivity index (χ0v) is 13.8. The van der Waals surface area contributed by atoms with Crippen LogP contribution in [0.3, 0.4) is 0 Å². The molecular weight excluding hydrogens is 298 g/mol. The van der Waals surface area contributed by atoms with Gasteiger partial charge in [0.15, 0.2) is 0 Å². The zero-order chi connectivity index (χ0) is 16.1. The van der Waals surface area contributed by atoms with Crippen molar-refractivity contribution in [2.45, 2.75) is 26.8 Å². The minimum absolute atomic E-state index is 0.0864. The summed E-state index contributed by atoms with van der Waals surface area (Å²) in [6, 6.07) is 12.8. The van der Waals surface area contributed by atoms with Crippen molar-refractivity contribution >= 4 is 17.5 Å². The van der Waals surface area contributed by atoms with Crippen molar-refractivity contribution in [2.24, 2.45) is 0 Å². The number of hydrogen-bond donors (Lipinski definition) is 1. The number of carbonyl (C=O) groups excluding carboxylic acids is 1. The molecule has 1 amide bonds. The highest BCUT2D eigenvalue weighted by Crippen LogP contribution is 2.20. The maximum Gasteiger partial charge on any atom is 0.251 e. The van der Waals surface area contributed by atoms with Crippen LogP contribution in [0.4, 0.5) is 0 Å². The molecule has 0 aliphatic carbocycles. The van der Waals surface area contributed by atoms with Gasteiger partial charge in [-0.1, -0.05) is 23.7 Å². The van der Waals surface area contributed by atoms with Gasteiger partial charge in [-0.25, -0.2) is 0 Å². The summed E-state index contributed by atoms with van der Waals surface area (Å²) in [6.07, 6.45) is 0. The average Bonchev–Trinajstić information content (AvgIpc) is 2.50. The molecule has 0 fully saturated rings. The molecule has 1 unspecified atom stereocenters. The lowest BCUT2D eigenvalue weighted by Gasteiger charge is -2.15. The summed E-state index contributed by atoms with van der Waals surface area (Å²) in [5.41, 5.74) is 2.59. The van der Waals surface area contributed by atoms with Crippen LogP contribution in [0.2, 0.25) is 5.02 Å². The van der Waals surface area contributed by atoms with E-state index < -0.39 is 0 Å². The number of nitrogens with one attached hydrogen (secondary N) is 1. The van der Waals surface area contributed by atoms with Crippen molar-refractivity contribution in [3.63, 3.8) is 0 Å². The fraction of sp³-hybridized carbons (Fsp3) is 0.278. The van der Waals surface area contributed by atoms with Crippen molar-refractivity contribution in [3.05, 3.63) is 64.2 Å². The second-order valence-electron chi connectivity index (χ2n) is 5.16. The van der Waals surface area contributed by atoms with Gasteiger partial charge in [0.1, 0.15) is 5.75 Å². The highest BCUT2D eigenvalue weighted by atomic mass is 35.5. The van der Waals surface area contributed by atoms with Crippen LogP contribution in [0.25, 0.3) is 0 Å². The van der Waals surface area contributed by atoms with Gasteiger partial charge < -0.3 is 10.1 Å². The minimum atomic E-state index is -0.103. The van der Waals surface area contributed by atoms with E-state index in [1.165, 1.54) is 0 Å². The first-order chi connectivity index (χ1) is 10.5. The molecule has 1 N–H and O–H groups in total. The van der Waals surface area contributed by atoms with E-state index in [1.54, 1.807) is 6.07 Å². The summed E-state index contributed by atoms with van der Waals surface area (Å²) in [5, 5.41) is 3.67. The summed E-state index contributed by atoms with van der Waals surface area (Å²) < 4.78 is 5.49. The van der Waals surface area contributed by atoms with E-state index in [0.717, 1.165) is 16.9 Å². The molecule has 2 rings (SSSR count). The minimum Gasteiger partial charge on any atom is -0.494 e. The summed E-state index contributed by atoms with van der Waals surface area (Å²) in [4.78, 5) is 12.3. The summed E-state index contributed by atoms with van der Waals surface area (Å²) in [5.74, 6) is 0.707. The second-order valence-corrected chi connectivity index (χ2v) is 5.60. The largest absolute Gasteiger partial charge is 0.494 e. The number of halogens is 1. The van der Waals surface area contributed by atoms with Gasteiger partial charge in [-0.15, -0.1) is 0 Å². The number of aryl methyl sites for hydroxylation is 1. The van der Waals surface area contributed by atoms with Gasteiger partial charge >= 0.3 is 0 Å². The Bertz CT molecular complexity index is 653. The lowest BCUT2D eigenvalue weighted by atomic mass is 10.1. The molecule has 0 aliphatic heterocycles. The number of benzene rings is 2. The number of hydrogen-bond acceptors (Lipinski definition) is 2. The molecule has 0 bridgehead atoms. The van der Waals surface area contributed by atoms with Crippen LogP contribution in [0.15, 0.2) is 42.5 Å². The van der Waals surface area contributed by atoms with E-state index in [4.69, 9.17) is 16.3 Å². The van der Waals surface area contributed by atoms with Crippen LogP contribution >= 0.6 is 11.6 Å². The Morgan fingerprint density at radius 2 is 1.91 bits per heavy atom. The molecular formula is C18H20ClNO2. The molecule has 0 saturated heterocycles. The number of ether oxygens (including phenoxy) is 1. The third-order valence-electron chi connectivity index (χ3n) is 3.45. The first-order valence-electron chi connectivity index (χ1n) is 7.31. The average molecular weight is 318 g/mol. The van der Waals surface area contributed by atoms with Crippen LogP contribution in [0, 0.1) is 6.92 Å². The Morgan fingerprint density at radius 3 is 2.50 bits per heavy atom. The van der Waals surface area contributed by atoms with Crippen molar-refractivity contribution < 1.29 is 9.53 Å². The second kappa shape index (κ2) is 7.32. The predicted molar refractivity (Wildman–Crippen MR) is 89.7 cm³/mol.